The molecule has 0 heterocycles. The molecule has 0 N–H and O–H groups in total. The summed E-state index contributed by atoms with van der Waals surface area (Å²) in [5.41, 5.74) is 0. The molecule has 1 fully saturated rings. The van der Waals surface area contributed by atoms with E-state index in [2.05, 4.69) is 8.37 Å². The molecule has 0 saturated heterocycles. The third-order valence-corrected chi connectivity index (χ3v) is 6.10. The maximum absolute atomic E-state index is 12.5. The lowest BCUT2D eigenvalue weighted by atomic mass is 9.68. The predicted molar refractivity (Wildman–Crippen MR) is 101 cm³/mol. The van der Waals surface area contributed by atoms with Crippen molar-refractivity contribution < 1.29 is 36.0 Å². The van der Waals surface area contributed by atoms with Gasteiger partial charge in [-0.25, -0.2) is 4.18 Å². The second-order valence-electron chi connectivity index (χ2n) is 7.28. The highest BCUT2D eigenvalue weighted by Crippen LogP contribution is 2.38. The first-order chi connectivity index (χ1) is 13.1. The number of ketones is 4. The molecule has 0 spiro atoms. The number of carbonyl (C=O) groups excluding carboxylic acids is 4. The molecule has 28 heavy (non-hydrogen) atoms. The minimum Gasteiger partial charge on any atom is -0.300 e. The summed E-state index contributed by atoms with van der Waals surface area (Å²) in [4.78, 5) is 47.8. The van der Waals surface area contributed by atoms with Crippen LogP contribution in [0.1, 0.15) is 65.2 Å². The fourth-order valence-corrected chi connectivity index (χ4v) is 4.05. The highest BCUT2D eigenvalue weighted by atomic mass is 32.3. The van der Waals surface area contributed by atoms with Gasteiger partial charge in [0.05, 0.1) is 7.11 Å². The number of carbonyl (C=O) groups is 4. The van der Waals surface area contributed by atoms with E-state index in [0.29, 0.717) is 38.5 Å². The van der Waals surface area contributed by atoms with E-state index >= 15 is 0 Å². The van der Waals surface area contributed by atoms with Crippen molar-refractivity contribution in [2.45, 2.75) is 65.2 Å². The van der Waals surface area contributed by atoms with Crippen LogP contribution in [-0.2, 0) is 37.9 Å². The molecule has 0 aliphatic heterocycles. The van der Waals surface area contributed by atoms with E-state index in [9.17, 15) is 27.6 Å². The van der Waals surface area contributed by atoms with Crippen LogP contribution in [0.25, 0.3) is 0 Å². The lowest BCUT2D eigenvalue weighted by Gasteiger charge is -2.34. The smallest absolute Gasteiger partial charge is 0.300 e. The van der Waals surface area contributed by atoms with Crippen LogP contribution in [0.5, 0.6) is 0 Å². The SMILES string of the molecule is CCC(=O)C1CCC(C(=O)CCC(=O)COS(=O)(=O)OC)CC1CCC(C)=O. The van der Waals surface area contributed by atoms with Crippen molar-refractivity contribution in [3.05, 3.63) is 0 Å². The van der Waals surface area contributed by atoms with Crippen molar-refractivity contribution in [2.24, 2.45) is 17.8 Å². The Kier molecular flexibility index (Phi) is 10.1. The van der Waals surface area contributed by atoms with E-state index in [0.717, 1.165) is 7.11 Å². The molecule has 1 aliphatic carbocycles. The van der Waals surface area contributed by atoms with E-state index < -0.39 is 22.8 Å². The summed E-state index contributed by atoms with van der Waals surface area (Å²) >= 11 is 0. The summed E-state index contributed by atoms with van der Waals surface area (Å²) in [7, 11) is -3.25. The van der Waals surface area contributed by atoms with E-state index in [-0.39, 0.29) is 47.9 Å². The van der Waals surface area contributed by atoms with E-state index in [1.165, 1.54) is 6.92 Å². The van der Waals surface area contributed by atoms with Crippen molar-refractivity contribution in [1.82, 2.24) is 0 Å². The van der Waals surface area contributed by atoms with Crippen LogP contribution in [0.4, 0.5) is 0 Å². The lowest BCUT2D eigenvalue weighted by molar-refractivity contribution is -0.131. The average molecular weight is 419 g/mol. The van der Waals surface area contributed by atoms with Gasteiger partial charge in [-0.1, -0.05) is 6.92 Å². The summed E-state index contributed by atoms with van der Waals surface area (Å²) in [6, 6.07) is 0. The van der Waals surface area contributed by atoms with Gasteiger partial charge >= 0.3 is 10.4 Å². The van der Waals surface area contributed by atoms with Crippen LogP contribution < -0.4 is 0 Å². The highest BCUT2D eigenvalue weighted by molar-refractivity contribution is 7.81. The van der Waals surface area contributed by atoms with Crippen molar-refractivity contribution in [2.75, 3.05) is 13.7 Å². The predicted octanol–water partition coefficient (Wildman–Crippen LogP) is 2.19. The maximum Gasteiger partial charge on any atom is 0.400 e. The molecule has 1 saturated carbocycles. The van der Waals surface area contributed by atoms with E-state index in [1.54, 1.807) is 0 Å². The molecule has 3 unspecified atom stereocenters. The lowest BCUT2D eigenvalue weighted by Crippen LogP contribution is -2.34. The molecular formula is C19H30O8S. The standard InChI is InChI=1S/C19H30O8S/c1-4-18(22)17-9-7-15(11-14(17)6-5-13(2)20)19(23)10-8-16(21)12-27-28(24,25)26-3/h14-15,17H,4-12H2,1-3H3. The molecule has 0 bridgehead atoms. The van der Waals surface area contributed by atoms with Crippen LogP contribution in [0, 0.1) is 17.8 Å². The average Bonchev–Trinajstić information content (AvgIpc) is 2.68. The molecule has 0 aromatic carbocycles. The van der Waals surface area contributed by atoms with Gasteiger partial charge in [-0.3, -0.25) is 18.6 Å². The van der Waals surface area contributed by atoms with Gasteiger partial charge in [-0.2, -0.15) is 8.42 Å². The molecule has 0 aromatic rings. The molecule has 9 heteroatoms. The van der Waals surface area contributed by atoms with Gasteiger partial charge < -0.3 is 4.79 Å². The number of hydrogen-bond donors (Lipinski definition) is 0. The van der Waals surface area contributed by atoms with Crippen LogP contribution in [-0.4, -0.2) is 45.3 Å². The van der Waals surface area contributed by atoms with Crippen LogP contribution in [0.2, 0.25) is 0 Å². The molecule has 0 radical (unpaired) electrons. The Hall–Kier alpha value is -1.45. The normalized spacial score (nSPS) is 22.6. The first kappa shape index (κ1) is 24.6. The van der Waals surface area contributed by atoms with Gasteiger partial charge in [0.25, 0.3) is 0 Å². The summed E-state index contributed by atoms with van der Waals surface area (Å²) in [6.45, 7) is 2.67. The zero-order chi connectivity index (χ0) is 21.3. The fraction of sp³-hybridized carbons (Fsp3) is 0.789. The van der Waals surface area contributed by atoms with Gasteiger partial charge in [0.15, 0.2) is 5.78 Å². The van der Waals surface area contributed by atoms with Gasteiger partial charge in [0, 0.05) is 37.5 Å². The van der Waals surface area contributed by atoms with Gasteiger partial charge in [-0.15, -0.1) is 0 Å². The van der Waals surface area contributed by atoms with E-state index in [4.69, 9.17) is 0 Å². The van der Waals surface area contributed by atoms with Crippen LogP contribution in [0.15, 0.2) is 0 Å². The molecule has 160 valence electrons. The minimum atomic E-state index is -4.18. The first-order valence-corrected chi connectivity index (χ1v) is 10.9. The third-order valence-electron chi connectivity index (χ3n) is 5.29. The van der Waals surface area contributed by atoms with Crippen molar-refractivity contribution in [3.8, 4) is 0 Å². The van der Waals surface area contributed by atoms with E-state index in [1.807, 2.05) is 6.92 Å². The molecular weight excluding hydrogens is 388 g/mol. The molecule has 0 amide bonds. The fourth-order valence-electron chi connectivity index (χ4n) is 3.68. The van der Waals surface area contributed by atoms with Crippen LogP contribution in [0.3, 0.4) is 0 Å². The number of rotatable bonds is 13. The molecule has 8 nitrogen and oxygen atoms in total. The first-order valence-electron chi connectivity index (χ1n) is 9.61. The van der Waals surface area contributed by atoms with Gasteiger partial charge in [-0.05, 0) is 38.5 Å². The second kappa shape index (κ2) is 11.5. The summed E-state index contributed by atoms with van der Waals surface area (Å²) in [5.74, 6) is -0.684. The summed E-state index contributed by atoms with van der Waals surface area (Å²) in [5, 5.41) is 0. The Labute approximate surface area is 166 Å². The Morgan fingerprint density at radius 1 is 1.00 bits per heavy atom. The molecule has 0 aromatic heterocycles. The highest BCUT2D eigenvalue weighted by Gasteiger charge is 2.36. The van der Waals surface area contributed by atoms with Gasteiger partial charge in [0.2, 0.25) is 0 Å². The van der Waals surface area contributed by atoms with Gasteiger partial charge in [0.1, 0.15) is 24.0 Å². The van der Waals surface area contributed by atoms with Crippen molar-refractivity contribution >= 4 is 33.5 Å². The largest absolute Gasteiger partial charge is 0.400 e. The number of hydrogen-bond acceptors (Lipinski definition) is 8. The Morgan fingerprint density at radius 3 is 2.25 bits per heavy atom. The monoisotopic (exact) mass is 418 g/mol. The third kappa shape index (κ3) is 8.28. The molecule has 1 rings (SSSR count). The topological polar surface area (TPSA) is 121 Å². The zero-order valence-corrected chi connectivity index (χ0v) is 17.6. The summed E-state index contributed by atoms with van der Waals surface area (Å²) in [6.07, 6.45) is 3.09. The minimum absolute atomic E-state index is 0.00457. The van der Waals surface area contributed by atoms with Crippen molar-refractivity contribution in [1.29, 1.82) is 0 Å². The Morgan fingerprint density at radius 2 is 1.68 bits per heavy atom. The Bertz CT molecular complexity index is 682. The zero-order valence-electron chi connectivity index (χ0n) is 16.8. The van der Waals surface area contributed by atoms with Crippen LogP contribution >= 0.6 is 0 Å². The molecule has 1 aliphatic rings. The quantitative estimate of drug-likeness (QED) is 0.446. The van der Waals surface area contributed by atoms with Crippen molar-refractivity contribution in [3.63, 3.8) is 0 Å². The second-order valence-corrected chi connectivity index (χ2v) is 8.66. The Balaban J connectivity index is 2.57. The summed E-state index contributed by atoms with van der Waals surface area (Å²) < 4.78 is 30.5. The maximum atomic E-state index is 12.5. The molecule has 3 atom stereocenters. The number of Topliss-reactive ketones (excluding diaryl/α,β-unsaturated/α-hetero) is 4.